The number of carboxylic acids is 3. The standard InChI is InChI=1S/C7H10O6.H3O3P/c1-2-3-7(4(8)9,5(10)11)6(12)13;1-4(2)3/h2-3H2,1H3,(H,8,9)(H,10,11)(H,12,13);4H,(H2,1,2,3). The van der Waals surface area contributed by atoms with Gasteiger partial charge >= 0.3 is 26.2 Å². The molecule has 9 nitrogen and oxygen atoms in total. The van der Waals surface area contributed by atoms with E-state index >= 15 is 0 Å². The highest BCUT2D eigenvalue weighted by Crippen LogP contribution is 2.25. The number of hydrogen-bond donors (Lipinski definition) is 5. The van der Waals surface area contributed by atoms with E-state index < -0.39 is 38.0 Å². The van der Waals surface area contributed by atoms with Gasteiger partial charge in [0.05, 0.1) is 0 Å². The van der Waals surface area contributed by atoms with Gasteiger partial charge in [0.25, 0.3) is 5.41 Å². The van der Waals surface area contributed by atoms with Crippen molar-refractivity contribution >= 4 is 26.2 Å². The van der Waals surface area contributed by atoms with Crippen molar-refractivity contribution in [3.05, 3.63) is 0 Å². The summed E-state index contributed by atoms with van der Waals surface area (Å²) in [7, 11) is -3.13. The molecule has 0 heterocycles. The minimum Gasteiger partial charge on any atom is -0.480 e. The van der Waals surface area contributed by atoms with Crippen LogP contribution < -0.4 is 0 Å². The molecule has 0 saturated heterocycles. The lowest BCUT2D eigenvalue weighted by Crippen LogP contribution is -2.46. The second-order valence-corrected chi connectivity index (χ2v) is 3.42. The molecule has 0 aromatic heterocycles. The average Bonchev–Trinajstić information content (AvgIpc) is 2.10. The molecule has 0 bridgehead atoms. The maximum atomic E-state index is 10.5. The lowest BCUT2D eigenvalue weighted by molar-refractivity contribution is -0.176. The Labute approximate surface area is 96.3 Å². The fraction of sp³-hybridized carbons (Fsp3) is 0.571. The molecule has 0 rings (SSSR count). The normalized spacial score (nSPS) is 10.4. The summed E-state index contributed by atoms with van der Waals surface area (Å²) in [5, 5.41) is 25.6. The van der Waals surface area contributed by atoms with Crippen molar-refractivity contribution in [1.82, 2.24) is 0 Å². The molecular weight excluding hydrogens is 259 g/mol. The summed E-state index contributed by atoms with van der Waals surface area (Å²) < 4.78 is 8.74. The summed E-state index contributed by atoms with van der Waals surface area (Å²) in [5.74, 6) is -5.52. The number of hydrogen-bond acceptors (Lipinski definition) is 4. The van der Waals surface area contributed by atoms with Gasteiger partial charge in [0, 0.05) is 0 Å². The molecule has 17 heavy (non-hydrogen) atoms. The van der Waals surface area contributed by atoms with Crippen molar-refractivity contribution in [3.63, 3.8) is 0 Å². The molecule has 0 amide bonds. The van der Waals surface area contributed by atoms with Crippen molar-refractivity contribution in [1.29, 1.82) is 0 Å². The first-order valence-electron chi connectivity index (χ1n) is 4.25. The SMILES string of the molecule is CCCC(C(=O)O)(C(=O)O)C(=O)O.O=[PH](O)O. The molecule has 0 fully saturated rings. The van der Waals surface area contributed by atoms with Crippen molar-refractivity contribution < 1.29 is 44.1 Å². The van der Waals surface area contributed by atoms with E-state index in [-0.39, 0.29) is 6.42 Å². The Kier molecular flexibility index (Phi) is 8.20. The lowest BCUT2D eigenvalue weighted by Gasteiger charge is -2.18. The predicted molar refractivity (Wildman–Crippen MR) is 53.7 cm³/mol. The first-order chi connectivity index (χ1) is 7.62. The first-order valence-corrected chi connectivity index (χ1v) is 5.55. The predicted octanol–water partition coefficient (Wildman–Crippen LogP) is -0.613. The summed E-state index contributed by atoms with van der Waals surface area (Å²) in [5.41, 5.74) is -2.70. The van der Waals surface area contributed by atoms with Crippen molar-refractivity contribution in [2.45, 2.75) is 19.8 Å². The minimum absolute atomic E-state index is 0.172. The minimum atomic E-state index is -3.13. The van der Waals surface area contributed by atoms with Crippen molar-refractivity contribution in [3.8, 4) is 0 Å². The van der Waals surface area contributed by atoms with Gasteiger partial charge in [-0.1, -0.05) is 13.3 Å². The van der Waals surface area contributed by atoms with Crippen molar-refractivity contribution in [2.75, 3.05) is 0 Å². The molecule has 0 unspecified atom stereocenters. The molecule has 0 aliphatic carbocycles. The smallest absolute Gasteiger partial charge is 0.332 e. The maximum Gasteiger partial charge on any atom is 0.332 e. The highest BCUT2D eigenvalue weighted by atomic mass is 31.1. The third-order valence-corrected chi connectivity index (χ3v) is 1.72. The van der Waals surface area contributed by atoms with E-state index in [1.807, 2.05) is 0 Å². The molecule has 0 aliphatic rings. The van der Waals surface area contributed by atoms with Crippen LogP contribution in [0.5, 0.6) is 0 Å². The maximum absolute atomic E-state index is 10.5. The van der Waals surface area contributed by atoms with Crippen molar-refractivity contribution in [2.24, 2.45) is 5.41 Å². The summed E-state index contributed by atoms with van der Waals surface area (Å²) in [6.45, 7) is 1.52. The summed E-state index contributed by atoms with van der Waals surface area (Å²) >= 11 is 0. The Morgan fingerprint density at radius 3 is 1.29 bits per heavy atom. The molecule has 5 N–H and O–H groups in total. The van der Waals surface area contributed by atoms with Gasteiger partial charge < -0.3 is 25.1 Å². The van der Waals surface area contributed by atoms with Gasteiger partial charge in [-0.05, 0) is 6.42 Å². The quantitative estimate of drug-likeness (QED) is 0.323. The number of carboxylic acid groups (broad SMARTS) is 3. The van der Waals surface area contributed by atoms with E-state index in [4.69, 9.17) is 29.7 Å². The largest absolute Gasteiger partial charge is 0.480 e. The topological polar surface area (TPSA) is 169 Å². The Balaban J connectivity index is 0. The highest BCUT2D eigenvalue weighted by molar-refractivity contribution is 7.30. The Bertz CT molecular complexity index is 283. The van der Waals surface area contributed by atoms with Crippen LogP contribution in [0.4, 0.5) is 0 Å². The van der Waals surface area contributed by atoms with Crippen LogP contribution in [0, 0.1) is 5.41 Å². The molecule has 100 valence electrons. The molecule has 0 radical (unpaired) electrons. The van der Waals surface area contributed by atoms with Crippen LogP contribution in [0.3, 0.4) is 0 Å². The van der Waals surface area contributed by atoms with E-state index in [9.17, 15) is 14.4 Å². The van der Waals surface area contributed by atoms with Crippen LogP contribution in [0.15, 0.2) is 0 Å². The fourth-order valence-corrected chi connectivity index (χ4v) is 0.970. The molecule has 0 aromatic rings. The van der Waals surface area contributed by atoms with E-state index in [1.165, 1.54) is 6.92 Å². The zero-order valence-electron chi connectivity index (χ0n) is 8.78. The van der Waals surface area contributed by atoms with Gasteiger partial charge in [-0.25, -0.2) is 0 Å². The lowest BCUT2D eigenvalue weighted by atomic mass is 9.83. The summed E-state index contributed by atoms with van der Waals surface area (Å²) in [6, 6.07) is 0. The molecule has 0 saturated carbocycles. The summed E-state index contributed by atoms with van der Waals surface area (Å²) in [4.78, 5) is 45.9. The molecule has 0 atom stereocenters. The molecule has 0 aromatic carbocycles. The van der Waals surface area contributed by atoms with Gasteiger partial charge in [0.15, 0.2) is 0 Å². The first kappa shape index (κ1) is 17.9. The Morgan fingerprint density at radius 2 is 1.24 bits per heavy atom. The second kappa shape index (κ2) is 7.77. The zero-order valence-corrected chi connectivity index (χ0v) is 9.78. The summed E-state index contributed by atoms with van der Waals surface area (Å²) in [6.07, 6.45) is -0.252. The van der Waals surface area contributed by atoms with Crippen LogP contribution in [0.1, 0.15) is 19.8 Å². The van der Waals surface area contributed by atoms with E-state index in [1.54, 1.807) is 0 Å². The monoisotopic (exact) mass is 272 g/mol. The third-order valence-electron chi connectivity index (χ3n) is 1.72. The Morgan fingerprint density at radius 1 is 1.00 bits per heavy atom. The van der Waals surface area contributed by atoms with E-state index in [0.717, 1.165) is 0 Å². The molecular formula is C7H13O9P. The second-order valence-electron chi connectivity index (χ2n) is 2.85. The van der Waals surface area contributed by atoms with Crippen LogP contribution in [-0.4, -0.2) is 43.0 Å². The third kappa shape index (κ3) is 5.43. The van der Waals surface area contributed by atoms with Gasteiger partial charge in [0.1, 0.15) is 0 Å². The van der Waals surface area contributed by atoms with Gasteiger partial charge in [0.2, 0.25) is 0 Å². The highest BCUT2D eigenvalue weighted by Gasteiger charge is 2.53. The van der Waals surface area contributed by atoms with Gasteiger partial charge in [-0.2, -0.15) is 0 Å². The average molecular weight is 272 g/mol. The van der Waals surface area contributed by atoms with Gasteiger partial charge in [-0.3, -0.25) is 18.9 Å². The van der Waals surface area contributed by atoms with Gasteiger partial charge in [-0.15, -0.1) is 0 Å². The van der Waals surface area contributed by atoms with E-state index in [2.05, 4.69) is 0 Å². The molecule has 10 heteroatoms. The van der Waals surface area contributed by atoms with Crippen LogP contribution in [0.2, 0.25) is 0 Å². The number of aliphatic carboxylic acids is 3. The zero-order chi connectivity index (χ0) is 14.2. The number of carbonyl (C=O) groups is 3. The van der Waals surface area contributed by atoms with Crippen LogP contribution >= 0.6 is 8.25 Å². The molecule has 0 aliphatic heterocycles. The van der Waals surface area contributed by atoms with Crippen LogP contribution in [-0.2, 0) is 18.9 Å². The number of rotatable bonds is 5. The Hall–Kier alpha value is -1.44. The fourth-order valence-electron chi connectivity index (χ4n) is 0.970. The molecule has 0 spiro atoms. The van der Waals surface area contributed by atoms with Crippen LogP contribution in [0.25, 0.3) is 0 Å². The van der Waals surface area contributed by atoms with E-state index in [0.29, 0.717) is 0 Å².